The van der Waals surface area contributed by atoms with E-state index in [0.29, 0.717) is 12.2 Å². The maximum Gasteiger partial charge on any atom is 0.256 e. The Bertz CT molecular complexity index is 972. The summed E-state index contributed by atoms with van der Waals surface area (Å²) in [4.78, 5) is 12.3. The summed E-state index contributed by atoms with van der Waals surface area (Å²) < 4.78 is 5.72. The summed E-state index contributed by atoms with van der Waals surface area (Å²) in [5.41, 5.74) is 3.51. The van der Waals surface area contributed by atoms with E-state index in [1.807, 2.05) is 67.6 Å². The minimum absolute atomic E-state index is 0.0610. The van der Waals surface area contributed by atoms with Crippen molar-refractivity contribution in [2.75, 3.05) is 11.9 Å². The van der Waals surface area contributed by atoms with Crippen molar-refractivity contribution < 1.29 is 9.53 Å². The van der Waals surface area contributed by atoms with E-state index in [1.54, 1.807) is 0 Å². The van der Waals surface area contributed by atoms with Gasteiger partial charge in [-0.3, -0.25) is 4.79 Å². The molecule has 0 aliphatic carbocycles. The second kappa shape index (κ2) is 5.85. The standard InChI is InChI=1S/C21H17NO2/c1-2-24-20-12-11-14(15-7-3-4-9-17(15)20)13-18-16-8-5-6-10-19(16)22-21(18)23/h3-13H,2H2,1H3,(H,22,23)/b18-13+. The Labute approximate surface area is 140 Å². The summed E-state index contributed by atoms with van der Waals surface area (Å²) in [5, 5.41) is 5.05. The summed E-state index contributed by atoms with van der Waals surface area (Å²) >= 11 is 0. The Morgan fingerprint density at radius 2 is 1.71 bits per heavy atom. The van der Waals surface area contributed by atoms with E-state index in [9.17, 15) is 4.79 Å². The third-order valence-electron chi connectivity index (χ3n) is 4.23. The molecule has 3 nitrogen and oxygen atoms in total. The first-order chi connectivity index (χ1) is 11.8. The number of ether oxygens (including phenoxy) is 1. The highest BCUT2D eigenvalue weighted by Crippen LogP contribution is 2.35. The maximum absolute atomic E-state index is 12.3. The third kappa shape index (κ3) is 2.35. The highest BCUT2D eigenvalue weighted by molar-refractivity contribution is 6.35. The van der Waals surface area contributed by atoms with Crippen LogP contribution in [-0.4, -0.2) is 12.5 Å². The number of fused-ring (bicyclic) bond motifs is 2. The molecule has 3 heteroatoms. The van der Waals surface area contributed by atoms with Crippen LogP contribution in [0.15, 0.2) is 60.7 Å². The van der Waals surface area contributed by atoms with Gasteiger partial charge in [-0.25, -0.2) is 0 Å². The average molecular weight is 315 g/mol. The van der Waals surface area contributed by atoms with Crippen LogP contribution in [0, 0.1) is 0 Å². The molecule has 0 unspecified atom stereocenters. The Hall–Kier alpha value is -3.07. The Kier molecular flexibility index (Phi) is 3.54. The number of para-hydroxylation sites is 1. The zero-order valence-electron chi connectivity index (χ0n) is 13.4. The molecule has 0 saturated carbocycles. The molecule has 3 aromatic rings. The topological polar surface area (TPSA) is 38.3 Å². The summed E-state index contributed by atoms with van der Waals surface area (Å²) in [6.45, 7) is 2.60. The van der Waals surface area contributed by atoms with Gasteiger partial charge in [0.15, 0.2) is 0 Å². The monoisotopic (exact) mass is 315 g/mol. The molecule has 1 aliphatic heterocycles. The molecular formula is C21H17NO2. The van der Waals surface area contributed by atoms with Crippen LogP contribution < -0.4 is 10.1 Å². The van der Waals surface area contributed by atoms with E-state index in [-0.39, 0.29) is 5.91 Å². The van der Waals surface area contributed by atoms with E-state index in [2.05, 4.69) is 11.4 Å². The van der Waals surface area contributed by atoms with Crippen molar-refractivity contribution in [3.8, 4) is 5.75 Å². The van der Waals surface area contributed by atoms with Crippen molar-refractivity contribution in [1.82, 2.24) is 0 Å². The molecular weight excluding hydrogens is 298 g/mol. The van der Waals surface area contributed by atoms with Crippen LogP contribution >= 0.6 is 0 Å². The van der Waals surface area contributed by atoms with Gasteiger partial charge in [-0.15, -0.1) is 0 Å². The molecule has 24 heavy (non-hydrogen) atoms. The van der Waals surface area contributed by atoms with Gasteiger partial charge >= 0.3 is 0 Å². The van der Waals surface area contributed by atoms with Gasteiger partial charge in [-0.1, -0.05) is 48.5 Å². The number of rotatable bonds is 3. The molecule has 0 radical (unpaired) electrons. The van der Waals surface area contributed by atoms with Gasteiger partial charge in [0.25, 0.3) is 5.91 Å². The molecule has 0 saturated heterocycles. The number of nitrogens with one attached hydrogen (secondary N) is 1. The molecule has 1 amide bonds. The molecule has 118 valence electrons. The van der Waals surface area contributed by atoms with Crippen molar-refractivity contribution in [2.24, 2.45) is 0 Å². The minimum atomic E-state index is -0.0610. The van der Waals surface area contributed by atoms with Gasteiger partial charge in [0.1, 0.15) is 5.75 Å². The molecule has 0 fully saturated rings. The molecule has 1 N–H and O–H groups in total. The molecule has 1 aliphatic rings. The quantitative estimate of drug-likeness (QED) is 0.710. The lowest BCUT2D eigenvalue weighted by Crippen LogP contribution is -2.03. The van der Waals surface area contributed by atoms with Crippen LogP contribution in [0.2, 0.25) is 0 Å². The zero-order chi connectivity index (χ0) is 16.5. The number of benzene rings is 3. The van der Waals surface area contributed by atoms with Gasteiger partial charge < -0.3 is 10.1 Å². The number of carbonyl (C=O) groups is 1. The maximum atomic E-state index is 12.3. The molecule has 3 aromatic carbocycles. The Morgan fingerprint density at radius 1 is 0.958 bits per heavy atom. The lowest BCUT2D eigenvalue weighted by molar-refractivity contribution is -0.110. The SMILES string of the molecule is CCOc1ccc(/C=C2/C(=O)Nc3ccccc32)c2ccccc12. The summed E-state index contributed by atoms with van der Waals surface area (Å²) in [6, 6.07) is 19.8. The predicted molar refractivity (Wildman–Crippen MR) is 98.1 cm³/mol. The van der Waals surface area contributed by atoms with Gasteiger partial charge in [-0.05, 0) is 36.1 Å². The second-order valence-corrected chi connectivity index (χ2v) is 5.69. The van der Waals surface area contributed by atoms with Crippen molar-refractivity contribution in [3.05, 3.63) is 71.8 Å². The third-order valence-corrected chi connectivity index (χ3v) is 4.23. The highest BCUT2D eigenvalue weighted by Gasteiger charge is 2.23. The summed E-state index contributed by atoms with van der Waals surface area (Å²) in [6.07, 6.45) is 1.96. The van der Waals surface area contributed by atoms with Crippen molar-refractivity contribution in [3.63, 3.8) is 0 Å². The fraction of sp³-hybridized carbons (Fsp3) is 0.0952. The van der Waals surface area contributed by atoms with Gasteiger partial charge in [0.05, 0.1) is 6.61 Å². The van der Waals surface area contributed by atoms with Crippen molar-refractivity contribution in [1.29, 1.82) is 0 Å². The average Bonchev–Trinajstić information content (AvgIpc) is 2.93. The van der Waals surface area contributed by atoms with Gasteiger partial charge in [0, 0.05) is 22.2 Å². The molecule has 4 rings (SSSR count). The van der Waals surface area contributed by atoms with E-state index < -0.39 is 0 Å². The molecule has 1 heterocycles. The zero-order valence-corrected chi connectivity index (χ0v) is 13.4. The first-order valence-corrected chi connectivity index (χ1v) is 8.05. The largest absolute Gasteiger partial charge is 0.493 e. The summed E-state index contributed by atoms with van der Waals surface area (Å²) in [7, 11) is 0. The van der Waals surface area contributed by atoms with E-state index in [4.69, 9.17) is 4.74 Å². The smallest absolute Gasteiger partial charge is 0.256 e. The Balaban J connectivity index is 1.89. The number of hydrogen-bond donors (Lipinski definition) is 1. The molecule has 0 spiro atoms. The fourth-order valence-corrected chi connectivity index (χ4v) is 3.14. The van der Waals surface area contributed by atoms with E-state index in [0.717, 1.165) is 33.3 Å². The van der Waals surface area contributed by atoms with Crippen molar-refractivity contribution in [2.45, 2.75) is 6.92 Å². The lowest BCUT2D eigenvalue weighted by atomic mass is 9.99. The van der Waals surface area contributed by atoms with E-state index >= 15 is 0 Å². The fourth-order valence-electron chi connectivity index (χ4n) is 3.14. The first-order valence-electron chi connectivity index (χ1n) is 8.05. The van der Waals surface area contributed by atoms with Crippen LogP contribution in [0.4, 0.5) is 5.69 Å². The summed E-state index contributed by atoms with van der Waals surface area (Å²) in [5.74, 6) is 0.806. The minimum Gasteiger partial charge on any atom is -0.493 e. The van der Waals surface area contributed by atoms with Gasteiger partial charge in [0.2, 0.25) is 0 Å². The van der Waals surface area contributed by atoms with E-state index in [1.165, 1.54) is 0 Å². The van der Waals surface area contributed by atoms with Crippen LogP contribution in [0.1, 0.15) is 18.1 Å². The van der Waals surface area contributed by atoms with Crippen LogP contribution in [0.25, 0.3) is 22.4 Å². The van der Waals surface area contributed by atoms with Crippen LogP contribution in [-0.2, 0) is 4.79 Å². The molecule has 0 atom stereocenters. The molecule has 0 bridgehead atoms. The van der Waals surface area contributed by atoms with Crippen LogP contribution in [0.5, 0.6) is 5.75 Å². The number of carbonyl (C=O) groups excluding carboxylic acids is 1. The normalized spacial score (nSPS) is 14.7. The second-order valence-electron chi connectivity index (χ2n) is 5.69. The first kappa shape index (κ1) is 14.5. The van der Waals surface area contributed by atoms with Gasteiger partial charge in [-0.2, -0.15) is 0 Å². The number of anilines is 1. The predicted octanol–water partition coefficient (Wildman–Crippen LogP) is 4.73. The number of hydrogen-bond acceptors (Lipinski definition) is 2. The number of amides is 1. The lowest BCUT2D eigenvalue weighted by Gasteiger charge is -2.10. The van der Waals surface area contributed by atoms with Crippen molar-refractivity contribution >= 4 is 34.0 Å². The highest BCUT2D eigenvalue weighted by atomic mass is 16.5. The Morgan fingerprint density at radius 3 is 2.54 bits per heavy atom. The molecule has 0 aromatic heterocycles. The van der Waals surface area contributed by atoms with Crippen LogP contribution in [0.3, 0.4) is 0 Å².